The van der Waals surface area contributed by atoms with Crippen LogP contribution in [-0.2, 0) is 19.1 Å². The molecule has 1 unspecified atom stereocenters. The van der Waals surface area contributed by atoms with E-state index in [0.29, 0.717) is 32.9 Å². The summed E-state index contributed by atoms with van der Waals surface area (Å²) >= 11 is 0. The molecule has 0 aromatic carbocycles. The van der Waals surface area contributed by atoms with Crippen LogP contribution in [0.4, 0.5) is 0 Å². The van der Waals surface area contributed by atoms with Crippen LogP contribution < -0.4 is 0 Å². The number of nitrogens with zero attached hydrogens (tertiary/aromatic N) is 1. The maximum Gasteiger partial charge on any atom is 0.210 e. The van der Waals surface area contributed by atoms with Gasteiger partial charge in [-0.25, -0.2) is 0 Å². The van der Waals surface area contributed by atoms with Crippen molar-refractivity contribution in [3.63, 3.8) is 0 Å². The number of ether oxygens (including phenoxy) is 2. The Hall–Kier alpha value is -1.20. The third kappa shape index (κ3) is 10.5. The Balaban J connectivity index is 3.60. The van der Waals surface area contributed by atoms with E-state index in [1.54, 1.807) is 4.90 Å². The van der Waals surface area contributed by atoms with Crippen LogP contribution in [0, 0.1) is 5.92 Å². The Labute approximate surface area is 134 Å². The molecular formula is C17H31NO4. The number of carbonyl (C=O) groups is 2. The van der Waals surface area contributed by atoms with Crippen molar-refractivity contribution in [3.05, 3.63) is 12.2 Å². The molecule has 1 amide bonds. The fraction of sp³-hybridized carbons (Fsp3) is 0.765. The van der Waals surface area contributed by atoms with Crippen LogP contribution in [0.25, 0.3) is 0 Å². The monoisotopic (exact) mass is 313 g/mol. The van der Waals surface area contributed by atoms with Gasteiger partial charge < -0.3 is 14.4 Å². The number of hydrogen-bond donors (Lipinski definition) is 0. The molecule has 0 bridgehead atoms. The van der Waals surface area contributed by atoms with Crippen molar-refractivity contribution in [2.45, 2.75) is 40.0 Å². The average molecular weight is 313 g/mol. The van der Waals surface area contributed by atoms with Crippen molar-refractivity contribution >= 4 is 12.2 Å². The maximum atomic E-state index is 11.9. The third-order valence-electron chi connectivity index (χ3n) is 3.45. The van der Waals surface area contributed by atoms with E-state index in [9.17, 15) is 9.59 Å². The molecule has 0 saturated heterocycles. The molecule has 0 saturated carbocycles. The number of amides is 1. The molecule has 128 valence electrons. The molecule has 0 aliphatic heterocycles. The van der Waals surface area contributed by atoms with E-state index < -0.39 is 0 Å². The Morgan fingerprint density at radius 2 is 1.91 bits per heavy atom. The molecule has 1 atom stereocenters. The smallest absolute Gasteiger partial charge is 0.210 e. The summed E-state index contributed by atoms with van der Waals surface area (Å²) in [5.74, 6) is 0.307. The Morgan fingerprint density at radius 3 is 2.50 bits per heavy atom. The molecule has 22 heavy (non-hydrogen) atoms. The zero-order chi connectivity index (χ0) is 16.6. The highest BCUT2D eigenvalue weighted by molar-refractivity contribution is 5.82. The lowest BCUT2D eigenvalue weighted by Gasteiger charge is -2.15. The van der Waals surface area contributed by atoms with Crippen LogP contribution in [0.1, 0.15) is 40.0 Å². The van der Waals surface area contributed by atoms with Crippen molar-refractivity contribution in [1.29, 1.82) is 0 Å². The number of ketones is 1. The van der Waals surface area contributed by atoms with Crippen LogP contribution in [-0.4, -0.2) is 56.6 Å². The van der Waals surface area contributed by atoms with Gasteiger partial charge in [-0.3, -0.25) is 9.59 Å². The van der Waals surface area contributed by atoms with Gasteiger partial charge in [0.05, 0.1) is 19.8 Å². The summed E-state index contributed by atoms with van der Waals surface area (Å²) in [6, 6.07) is 0. The van der Waals surface area contributed by atoms with Gasteiger partial charge in [0.2, 0.25) is 6.41 Å². The van der Waals surface area contributed by atoms with Gasteiger partial charge in [0.1, 0.15) is 6.61 Å². The van der Waals surface area contributed by atoms with E-state index >= 15 is 0 Å². The van der Waals surface area contributed by atoms with Gasteiger partial charge in [-0.15, -0.1) is 0 Å². The summed E-state index contributed by atoms with van der Waals surface area (Å²) in [4.78, 5) is 24.3. The molecule has 0 heterocycles. The Bertz CT molecular complexity index is 318. The SMILES string of the molecule is C/C=C\CN(C=O)CCOCCOCC(=O)C(CC)CCC. The lowest BCUT2D eigenvalue weighted by atomic mass is 9.96. The fourth-order valence-electron chi connectivity index (χ4n) is 2.06. The van der Waals surface area contributed by atoms with E-state index in [4.69, 9.17) is 9.47 Å². The highest BCUT2D eigenvalue weighted by Gasteiger charge is 2.14. The topological polar surface area (TPSA) is 55.8 Å². The number of rotatable bonds is 15. The number of hydrogen-bond acceptors (Lipinski definition) is 4. The second-order valence-corrected chi connectivity index (χ2v) is 5.19. The van der Waals surface area contributed by atoms with E-state index in [0.717, 1.165) is 25.7 Å². The molecule has 0 aliphatic carbocycles. The predicted octanol–water partition coefficient (Wildman–Crippen LogP) is 2.45. The first kappa shape index (κ1) is 20.8. The van der Waals surface area contributed by atoms with E-state index in [1.807, 2.05) is 26.0 Å². The van der Waals surface area contributed by atoms with Gasteiger partial charge in [0.15, 0.2) is 5.78 Å². The Morgan fingerprint density at radius 1 is 1.18 bits per heavy atom. The quantitative estimate of drug-likeness (QED) is 0.265. The molecule has 0 spiro atoms. The summed E-state index contributed by atoms with van der Waals surface area (Å²) in [5, 5.41) is 0. The highest BCUT2D eigenvalue weighted by Crippen LogP contribution is 2.11. The molecule has 0 aromatic rings. The number of allylic oxidation sites excluding steroid dienone is 1. The lowest BCUT2D eigenvalue weighted by molar-refractivity contribution is -0.128. The van der Waals surface area contributed by atoms with E-state index in [-0.39, 0.29) is 18.3 Å². The van der Waals surface area contributed by atoms with Crippen LogP contribution >= 0.6 is 0 Å². The summed E-state index contributed by atoms with van der Waals surface area (Å²) in [6.07, 6.45) is 7.47. The third-order valence-corrected chi connectivity index (χ3v) is 3.45. The van der Waals surface area contributed by atoms with Crippen molar-refractivity contribution in [3.8, 4) is 0 Å². The molecule has 0 aromatic heterocycles. The minimum Gasteiger partial charge on any atom is -0.377 e. The minimum atomic E-state index is 0.124. The standard InChI is InChI=1S/C17H31NO4/c1-4-7-9-18(15-19)10-11-21-12-13-22-14-17(20)16(6-3)8-5-2/h4,7,15-16H,5-6,8-14H2,1-3H3/b7-4-. The van der Waals surface area contributed by atoms with Crippen LogP contribution in [0.3, 0.4) is 0 Å². The summed E-state index contributed by atoms with van der Waals surface area (Å²) in [7, 11) is 0. The summed E-state index contributed by atoms with van der Waals surface area (Å²) in [6.45, 7) is 8.69. The average Bonchev–Trinajstić information content (AvgIpc) is 2.54. The first-order valence-corrected chi connectivity index (χ1v) is 8.18. The first-order chi connectivity index (χ1) is 10.7. The van der Waals surface area contributed by atoms with Crippen LogP contribution in [0.15, 0.2) is 12.2 Å². The minimum absolute atomic E-state index is 0.124. The second kappa shape index (κ2) is 14.7. The van der Waals surface area contributed by atoms with Crippen LogP contribution in [0.5, 0.6) is 0 Å². The van der Waals surface area contributed by atoms with E-state index in [1.165, 1.54) is 0 Å². The molecule has 0 radical (unpaired) electrons. The van der Waals surface area contributed by atoms with Crippen molar-refractivity contribution in [2.24, 2.45) is 5.92 Å². The molecule has 0 aliphatic rings. The Kier molecular flexibility index (Phi) is 13.9. The van der Waals surface area contributed by atoms with Gasteiger partial charge in [-0.1, -0.05) is 32.4 Å². The summed E-state index contributed by atoms with van der Waals surface area (Å²) in [5.41, 5.74) is 0. The van der Waals surface area contributed by atoms with Gasteiger partial charge >= 0.3 is 0 Å². The molecule has 5 heteroatoms. The zero-order valence-corrected chi connectivity index (χ0v) is 14.3. The van der Waals surface area contributed by atoms with Gasteiger partial charge in [-0.05, 0) is 19.8 Å². The van der Waals surface area contributed by atoms with Crippen LogP contribution in [0.2, 0.25) is 0 Å². The van der Waals surface area contributed by atoms with Gasteiger partial charge in [0, 0.05) is 19.0 Å². The molecule has 0 N–H and O–H groups in total. The molecule has 5 nitrogen and oxygen atoms in total. The summed E-state index contributed by atoms with van der Waals surface area (Å²) < 4.78 is 10.8. The highest BCUT2D eigenvalue weighted by atomic mass is 16.5. The maximum absolute atomic E-state index is 11.9. The fourth-order valence-corrected chi connectivity index (χ4v) is 2.06. The number of Topliss-reactive ketones (excluding diaryl/α,β-unsaturated/α-hetero) is 1. The first-order valence-electron chi connectivity index (χ1n) is 8.18. The largest absolute Gasteiger partial charge is 0.377 e. The van der Waals surface area contributed by atoms with Gasteiger partial charge in [0.25, 0.3) is 0 Å². The van der Waals surface area contributed by atoms with Crippen molar-refractivity contribution < 1.29 is 19.1 Å². The molecule has 0 rings (SSSR count). The number of carbonyl (C=O) groups excluding carboxylic acids is 2. The van der Waals surface area contributed by atoms with Crippen molar-refractivity contribution in [1.82, 2.24) is 4.90 Å². The van der Waals surface area contributed by atoms with Gasteiger partial charge in [-0.2, -0.15) is 0 Å². The second-order valence-electron chi connectivity index (χ2n) is 5.19. The predicted molar refractivity (Wildman–Crippen MR) is 87.8 cm³/mol. The normalized spacial score (nSPS) is 12.5. The molecular weight excluding hydrogens is 282 g/mol. The van der Waals surface area contributed by atoms with Crippen molar-refractivity contribution in [2.75, 3.05) is 39.5 Å². The molecule has 0 fully saturated rings. The van der Waals surface area contributed by atoms with E-state index in [2.05, 4.69) is 6.92 Å². The zero-order valence-electron chi connectivity index (χ0n) is 14.3. The lowest BCUT2D eigenvalue weighted by Crippen LogP contribution is -2.27.